The highest BCUT2D eigenvalue weighted by molar-refractivity contribution is 7.17. The zero-order chi connectivity index (χ0) is 16.4. The average molecular weight is 329 g/mol. The Morgan fingerprint density at radius 1 is 1.35 bits per heavy atom. The van der Waals surface area contributed by atoms with E-state index >= 15 is 0 Å². The van der Waals surface area contributed by atoms with Gasteiger partial charge in [-0.2, -0.15) is 0 Å². The van der Waals surface area contributed by atoms with Gasteiger partial charge in [-0.05, 0) is 25.3 Å². The van der Waals surface area contributed by atoms with Crippen molar-refractivity contribution in [1.29, 1.82) is 0 Å². The number of aryl methyl sites for hydroxylation is 1. The standard InChI is InChI=1S/C18H23N3OS/c1-13-15(23-17(19-3)20-13)16(22)21-11-7-10-18(2,12-21)14-8-5-4-6-9-14/h4-6,8-9H,7,10-12H2,1-3H3,(H,19,20)/t18-/m0/s1. The number of anilines is 1. The van der Waals surface area contributed by atoms with Crippen molar-refractivity contribution in [2.45, 2.75) is 32.1 Å². The van der Waals surface area contributed by atoms with Crippen LogP contribution in [0, 0.1) is 6.92 Å². The summed E-state index contributed by atoms with van der Waals surface area (Å²) in [6, 6.07) is 10.5. The topological polar surface area (TPSA) is 45.2 Å². The van der Waals surface area contributed by atoms with Crippen LogP contribution in [0.5, 0.6) is 0 Å². The summed E-state index contributed by atoms with van der Waals surface area (Å²) in [5.74, 6) is 0.114. The number of carbonyl (C=O) groups is 1. The first-order chi connectivity index (χ1) is 11.0. The van der Waals surface area contributed by atoms with Crippen molar-refractivity contribution in [2.75, 3.05) is 25.5 Å². The summed E-state index contributed by atoms with van der Waals surface area (Å²) in [4.78, 5) is 20.1. The maximum Gasteiger partial charge on any atom is 0.265 e. The Labute approximate surface area is 141 Å². The van der Waals surface area contributed by atoms with E-state index in [4.69, 9.17) is 0 Å². The first-order valence-corrected chi connectivity index (χ1v) is 8.85. The van der Waals surface area contributed by atoms with Gasteiger partial charge < -0.3 is 10.2 Å². The predicted molar refractivity (Wildman–Crippen MR) is 95.3 cm³/mol. The second-order valence-corrected chi connectivity index (χ2v) is 7.44. The number of likely N-dealkylation sites (tertiary alicyclic amines) is 1. The molecule has 1 saturated heterocycles. The highest BCUT2D eigenvalue weighted by atomic mass is 32.1. The molecule has 0 unspecified atom stereocenters. The van der Waals surface area contributed by atoms with E-state index < -0.39 is 0 Å². The van der Waals surface area contributed by atoms with Gasteiger partial charge in [-0.15, -0.1) is 0 Å². The van der Waals surface area contributed by atoms with Crippen LogP contribution in [-0.4, -0.2) is 35.9 Å². The maximum absolute atomic E-state index is 12.9. The van der Waals surface area contributed by atoms with Crippen LogP contribution in [0.25, 0.3) is 0 Å². The van der Waals surface area contributed by atoms with Crippen LogP contribution in [0.3, 0.4) is 0 Å². The van der Waals surface area contributed by atoms with Crippen LogP contribution in [0.1, 0.15) is 40.7 Å². The molecule has 2 aromatic rings. The summed E-state index contributed by atoms with van der Waals surface area (Å²) in [5, 5.41) is 3.82. The van der Waals surface area contributed by atoms with Crippen molar-refractivity contribution < 1.29 is 4.79 Å². The highest BCUT2D eigenvalue weighted by Crippen LogP contribution is 2.35. The fourth-order valence-electron chi connectivity index (χ4n) is 3.33. The fraction of sp³-hybridized carbons (Fsp3) is 0.444. The molecule has 23 heavy (non-hydrogen) atoms. The molecule has 122 valence electrons. The molecule has 1 N–H and O–H groups in total. The number of thiazole rings is 1. The molecule has 2 heterocycles. The lowest BCUT2D eigenvalue weighted by molar-refractivity contribution is 0.0655. The number of rotatable bonds is 3. The highest BCUT2D eigenvalue weighted by Gasteiger charge is 2.35. The molecule has 1 aliphatic heterocycles. The first-order valence-electron chi connectivity index (χ1n) is 8.03. The van der Waals surface area contributed by atoms with Crippen molar-refractivity contribution in [3.63, 3.8) is 0 Å². The monoisotopic (exact) mass is 329 g/mol. The molecule has 0 spiro atoms. The minimum absolute atomic E-state index is 0.0274. The van der Waals surface area contributed by atoms with Gasteiger partial charge in [0.2, 0.25) is 0 Å². The number of aromatic nitrogens is 1. The van der Waals surface area contributed by atoms with Gasteiger partial charge in [-0.3, -0.25) is 4.79 Å². The number of amides is 1. The lowest BCUT2D eigenvalue weighted by Gasteiger charge is -2.40. The molecule has 0 bridgehead atoms. The summed E-state index contributed by atoms with van der Waals surface area (Å²) >= 11 is 1.44. The zero-order valence-corrected chi connectivity index (χ0v) is 14.7. The van der Waals surface area contributed by atoms with Gasteiger partial charge in [0, 0.05) is 25.6 Å². The fourth-order valence-corrected chi connectivity index (χ4v) is 4.22. The quantitative estimate of drug-likeness (QED) is 0.934. The van der Waals surface area contributed by atoms with Crippen molar-refractivity contribution in [2.24, 2.45) is 0 Å². The third kappa shape index (κ3) is 3.11. The first kappa shape index (κ1) is 16.0. The number of carbonyl (C=O) groups excluding carboxylic acids is 1. The van der Waals surface area contributed by atoms with Gasteiger partial charge in [0.1, 0.15) is 4.88 Å². The van der Waals surface area contributed by atoms with Crippen molar-refractivity contribution in [3.05, 3.63) is 46.5 Å². The van der Waals surface area contributed by atoms with E-state index in [9.17, 15) is 4.79 Å². The second-order valence-electron chi connectivity index (χ2n) is 6.44. The Morgan fingerprint density at radius 3 is 2.74 bits per heavy atom. The Hall–Kier alpha value is -1.88. The molecule has 0 aliphatic carbocycles. The van der Waals surface area contributed by atoms with Crippen LogP contribution in [0.15, 0.2) is 30.3 Å². The van der Waals surface area contributed by atoms with Gasteiger partial charge in [-0.1, -0.05) is 48.6 Å². The molecule has 1 atom stereocenters. The number of hydrogen-bond acceptors (Lipinski definition) is 4. The van der Waals surface area contributed by atoms with Gasteiger partial charge in [0.25, 0.3) is 5.91 Å². The van der Waals surface area contributed by atoms with E-state index in [1.165, 1.54) is 16.9 Å². The molecule has 1 aromatic carbocycles. The molecule has 5 heteroatoms. The van der Waals surface area contributed by atoms with E-state index in [0.29, 0.717) is 0 Å². The Bertz CT molecular complexity index is 698. The maximum atomic E-state index is 12.9. The van der Waals surface area contributed by atoms with Gasteiger partial charge in [0.05, 0.1) is 5.69 Å². The molecule has 0 radical (unpaired) electrons. The van der Waals surface area contributed by atoms with Crippen LogP contribution >= 0.6 is 11.3 Å². The van der Waals surface area contributed by atoms with Crippen LogP contribution in [0.2, 0.25) is 0 Å². The van der Waals surface area contributed by atoms with E-state index in [0.717, 1.165) is 41.6 Å². The van der Waals surface area contributed by atoms with Crippen molar-refractivity contribution >= 4 is 22.4 Å². The average Bonchev–Trinajstić information content (AvgIpc) is 2.96. The van der Waals surface area contributed by atoms with Crippen LogP contribution < -0.4 is 5.32 Å². The molecule has 1 aromatic heterocycles. The zero-order valence-electron chi connectivity index (χ0n) is 13.9. The minimum atomic E-state index is 0.0274. The molecular weight excluding hydrogens is 306 g/mol. The van der Waals surface area contributed by atoms with Gasteiger partial charge >= 0.3 is 0 Å². The van der Waals surface area contributed by atoms with E-state index in [1.807, 2.05) is 24.9 Å². The van der Waals surface area contributed by atoms with Gasteiger partial charge in [0.15, 0.2) is 5.13 Å². The minimum Gasteiger partial charge on any atom is -0.365 e. The number of benzene rings is 1. The van der Waals surface area contributed by atoms with Gasteiger partial charge in [-0.25, -0.2) is 4.98 Å². The second kappa shape index (κ2) is 6.32. The summed E-state index contributed by atoms with van der Waals surface area (Å²) in [5.41, 5.74) is 2.16. The smallest absolute Gasteiger partial charge is 0.265 e. The van der Waals surface area contributed by atoms with Crippen LogP contribution in [0.4, 0.5) is 5.13 Å². The molecule has 1 aliphatic rings. The molecule has 3 rings (SSSR count). The van der Waals surface area contributed by atoms with E-state index in [1.54, 1.807) is 0 Å². The summed E-state index contributed by atoms with van der Waals surface area (Å²) in [7, 11) is 1.83. The molecular formula is C18H23N3OS. The summed E-state index contributed by atoms with van der Waals surface area (Å²) in [6.07, 6.45) is 2.15. The Morgan fingerprint density at radius 2 is 2.09 bits per heavy atom. The Balaban J connectivity index is 1.83. The largest absolute Gasteiger partial charge is 0.365 e. The number of piperidine rings is 1. The van der Waals surface area contributed by atoms with Crippen molar-refractivity contribution in [1.82, 2.24) is 9.88 Å². The summed E-state index contributed by atoms with van der Waals surface area (Å²) in [6.45, 7) is 5.76. The molecule has 4 nitrogen and oxygen atoms in total. The lowest BCUT2D eigenvalue weighted by atomic mass is 9.76. The molecule has 1 amide bonds. The lowest BCUT2D eigenvalue weighted by Crippen LogP contribution is -2.47. The third-order valence-electron chi connectivity index (χ3n) is 4.66. The van der Waals surface area contributed by atoms with Crippen LogP contribution in [-0.2, 0) is 5.41 Å². The normalized spacial score (nSPS) is 21.3. The van der Waals surface area contributed by atoms with E-state index in [-0.39, 0.29) is 11.3 Å². The summed E-state index contributed by atoms with van der Waals surface area (Å²) < 4.78 is 0. The van der Waals surface area contributed by atoms with E-state index in [2.05, 4.69) is 41.5 Å². The molecule has 0 saturated carbocycles. The predicted octanol–water partition coefficient (Wildman–Crippen LogP) is 3.69. The number of nitrogens with zero attached hydrogens (tertiary/aromatic N) is 2. The third-order valence-corrected chi connectivity index (χ3v) is 5.82. The number of nitrogens with one attached hydrogen (secondary N) is 1. The Kier molecular flexibility index (Phi) is 4.39. The van der Waals surface area contributed by atoms with Crippen molar-refractivity contribution in [3.8, 4) is 0 Å². The molecule has 1 fully saturated rings. The number of hydrogen-bond donors (Lipinski definition) is 1. The SMILES string of the molecule is CNc1nc(C)c(C(=O)N2CCC[C@](C)(c3ccccc3)C2)s1.